The van der Waals surface area contributed by atoms with Gasteiger partial charge in [0, 0.05) is 6.04 Å². The first kappa shape index (κ1) is 16.0. The predicted octanol–water partition coefficient (Wildman–Crippen LogP) is 3.32. The minimum atomic E-state index is -1.28. The number of amides is 1. The summed E-state index contributed by atoms with van der Waals surface area (Å²) in [5.41, 5.74) is 1.40. The standard InChI is InChI=1S/C17H19FN2O2/c1-11(2)19-15-10-13(18)8-9-14(15)20-17(22)16(21)12-6-4-3-5-7-12/h3-11,16,19,21H,1-2H3,(H,20,22). The van der Waals surface area contributed by atoms with E-state index in [2.05, 4.69) is 10.6 Å². The molecule has 116 valence electrons. The van der Waals surface area contributed by atoms with Crippen molar-refractivity contribution in [3.8, 4) is 0 Å². The Bertz CT molecular complexity index is 644. The maximum Gasteiger partial charge on any atom is 0.257 e. The summed E-state index contributed by atoms with van der Waals surface area (Å²) in [5.74, 6) is -0.964. The number of benzene rings is 2. The van der Waals surface area contributed by atoms with E-state index in [1.54, 1.807) is 30.3 Å². The Kier molecular flexibility index (Phi) is 5.12. The fourth-order valence-corrected chi connectivity index (χ4v) is 2.04. The molecule has 5 heteroatoms. The van der Waals surface area contributed by atoms with Crippen LogP contribution >= 0.6 is 0 Å². The van der Waals surface area contributed by atoms with Crippen LogP contribution in [0, 0.1) is 5.82 Å². The Morgan fingerprint density at radius 3 is 2.41 bits per heavy atom. The van der Waals surface area contributed by atoms with Gasteiger partial charge in [0.15, 0.2) is 6.10 Å². The second-order valence-electron chi connectivity index (χ2n) is 5.29. The molecule has 2 aromatic rings. The minimum Gasteiger partial charge on any atom is -0.381 e. The van der Waals surface area contributed by atoms with Crippen molar-refractivity contribution < 1.29 is 14.3 Å². The highest BCUT2D eigenvalue weighted by Crippen LogP contribution is 2.25. The molecule has 0 spiro atoms. The highest BCUT2D eigenvalue weighted by atomic mass is 19.1. The van der Waals surface area contributed by atoms with Crippen LogP contribution in [0.1, 0.15) is 25.5 Å². The van der Waals surface area contributed by atoms with Gasteiger partial charge in [-0.25, -0.2) is 4.39 Å². The van der Waals surface area contributed by atoms with Crippen LogP contribution < -0.4 is 10.6 Å². The smallest absolute Gasteiger partial charge is 0.257 e. The van der Waals surface area contributed by atoms with Gasteiger partial charge in [-0.1, -0.05) is 30.3 Å². The number of aliphatic hydroxyl groups is 1. The van der Waals surface area contributed by atoms with Crippen LogP contribution in [0.5, 0.6) is 0 Å². The molecule has 2 rings (SSSR count). The lowest BCUT2D eigenvalue weighted by Crippen LogP contribution is -2.22. The molecule has 2 aromatic carbocycles. The zero-order valence-corrected chi connectivity index (χ0v) is 12.5. The first-order valence-corrected chi connectivity index (χ1v) is 7.07. The summed E-state index contributed by atoms with van der Waals surface area (Å²) in [6, 6.07) is 12.8. The van der Waals surface area contributed by atoms with E-state index in [1.165, 1.54) is 18.2 Å². The van der Waals surface area contributed by atoms with Crippen LogP contribution in [-0.4, -0.2) is 17.1 Å². The van der Waals surface area contributed by atoms with Crippen molar-refractivity contribution in [2.75, 3.05) is 10.6 Å². The van der Waals surface area contributed by atoms with E-state index >= 15 is 0 Å². The van der Waals surface area contributed by atoms with Crippen molar-refractivity contribution in [3.05, 3.63) is 59.9 Å². The third kappa shape index (κ3) is 4.05. The molecule has 22 heavy (non-hydrogen) atoms. The molecule has 0 saturated carbocycles. The predicted molar refractivity (Wildman–Crippen MR) is 85.2 cm³/mol. The zero-order chi connectivity index (χ0) is 16.1. The molecule has 0 heterocycles. The summed E-state index contributed by atoms with van der Waals surface area (Å²) in [4.78, 5) is 12.2. The lowest BCUT2D eigenvalue weighted by atomic mass is 10.1. The van der Waals surface area contributed by atoms with Gasteiger partial charge in [0.2, 0.25) is 0 Å². The lowest BCUT2D eigenvalue weighted by Gasteiger charge is -2.17. The fraction of sp³-hybridized carbons (Fsp3) is 0.235. The van der Waals surface area contributed by atoms with Crippen molar-refractivity contribution >= 4 is 17.3 Å². The maximum atomic E-state index is 13.4. The zero-order valence-electron chi connectivity index (χ0n) is 12.5. The van der Waals surface area contributed by atoms with Crippen molar-refractivity contribution in [3.63, 3.8) is 0 Å². The first-order valence-electron chi connectivity index (χ1n) is 7.07. The van der Waals surface area contributed by atoms with Crippen molar-refractivity contribution in [1.29, 1.82) is 0 Å². The van der Waals surface area contributed by atoms with Crippen molar-refractivity contribution in [2.45, 2.75) is 26.0 Å². The van der Waals surface area contributed by atoms with E-state index < -0.39 is 17.8 Å². The average molecular weight is 302 g/mol. The topological polar surface area (TPSA) is 61.4 Å². The number of hydrogen-bond acceptors (Lipinski definition) is 3. The Morgan fingerprint density at radius 1 is 1.09 bits per heavy atom. The molecule has 0 saturated heterocycles. The highest BCUT2D eigenvalue weighted by Gasteiger charge is 2.18. The molecular formula is C17H19FN2O2. The van der Waals surface area contributed by atoms with Crippen LogP contribution in [0.2, 0.25) is 0 Å². The second kappa shape index (κ2) is 7.04. The normalized spacial score (nSPS) is 12.0. The summed E-state index contributed by atoms with van der Waals surface area (Å²) in [6.07, 6.45) is -1.28. The van der Waals surface area contributed by atoms with E-state index in [1.807, 2.05) is 13.8 Å². The number of hydrogen-bond donors (Lipinski definition) is 3. The molecule has 0 fully saturated rings. The lowest BCUT2D eigenvalue weighted by molar-refractivity contribution is -0.124. The number of nitrogens with one attached hydrogen (secondary N) is 2. The van der Waals surface area contributed by atoms with Gasteiger partial charge < -0.3 is 15.7 Å². The summed E-state index contributed by atoms with van der Waals surface area (Å²) >= 11 is 0. The van der Waals surface area contributed by atoms with Crippen molar-refractivity contribution in [2.24, 2.45) is 0 Å². The average Bonchev–Trinajstić information content (AvgIpc) is 2.49. The Morgan fingerprint density at radius 2 is 1.77 bits per heavy atom. The molecule has 1 unspecified atom stereocenters. The summed E-state index contributed by atoms with van der Waals surface area (Å²) < 4.78 is 13.4. The van der Waals surface area contributed by atoms with E-state index in [-0.39, 0.29) is 6.04 Å². The molecule has 0 bridgehead atoms. The molecular weight excluding hydrogens is 283 g/mol. The summed E-state index contributed by atoms with van der Waals surface area (Å²) in [7, 11) is 0. The molecule has 3 N–H and O–H groups in total. The van der Waals surface area contributed by atoms with Crippen LogP contribution in [0.25, 0.3) is 0 Å². The number of carbonyl (C=O) groups is 1. The van der Waals surface area contributed by atoms with E-state index in [9.17, 15) is 14.3 Å². The van der Waals surface area contributed by atoms with Gasteiger partial charge in [-0.2, -0.15) is 0 Å². The van der Waals surface area contributed by atoms with Gasteiger partial charge in [-0.05, 0) is 37.6 Å². The number of aliphatic hydroxyl groups excluding tert-OH is 1. The second-order valence-corrected chi connectivity index (χ2v) is 5.29. The third-order valence-electron chi connectivity index (χ3n) is 3.05. The van der Waals surface area contributed by atoms with Gasteiger partial charge in [0.05, 0.1) is 11.4 Å². The number of rotatable bonds is 5. The molecule has 1 amide bonds. The SMILES string of the molecule is CC(C)Nc1cc(F)ccc1NC(=O)C(O)c1ccccc1. The summed E-state index contributed by atoms with van der Waals surface area (Å²) in [6.45, 7) is 3.82. The van der Waals surface area contributed by atoms with Crippen LogP contribution in [0.4, 0.5) is 15.8 Å². The molecule has 0 aliphatic heterocycles. The number of carbonyl (C=O) groups excluding carboxylic acids is 1. The summed E-state index contributed by atoms with van der Waals surface area (Å²) in [5, 5.41) is 15.8. The Hall–Kier alpha value is -2.40. The largest absolute Gasteiger partial charge is 0.381 e. The van der Waals surface area contributed by atoms with Crippen LogP contribution in [0.15, 0.2) is 48.5 Å². The minimum absolute atomic E-state index is 0.0801. The Labute approximate surface area is 129 Å². The van der Waals surface area contributed by atoms with Gasteiger partial charge >= 0.3 is 0 Å². The Balaban J connectivity index is 2.17. The molecule has 0 radical (unpaired) electrons. The van der Waals surface area contributed by atoms with Crippen LogP contribution in [0.3, 0.4) is 0 Å². The highest BCUT2D eigenvalue weighted by molar-refractivity contribution is 5.97. The molecule has 1 atom stereocenters. The first-order chi connectivity index (χ1) is 10.5. The maximum absolute atomic E-state index is 13.4. The van der Waals surface area contributed by atoms with E-state index in [0.29, 0.717) is 16.9 Å². The van der Waals surface area contributed by atoms with Crippen LogP contribution in [-0.2, 0) is 4.79 Å². The third-order valence-corrected chi connectivity index (χ3v) is 3.05. The molecule has 0 aromatic heterocycles. The van der Waals surface area contributed by atoms with Gasteiger partial charge in [-0.15, -0.1) is 0 Å². The quantitative estimate of drug-likeness (QED) is 0.794. The van der Waals surface area contributed by atoms with Gasteiger partial charge in [0.1, 0.15) is 5.82 Å². The van der Waals surface area contributed by atoms with Crippen molar-refractivity contribution in [1.82, 2.24) is 0 Å². The van der Waals surface area contributed by atoms with E-state index in [4.69, 9.17) is 0 Å². The molecule has 0 aliphatic carbocycles. The molecule has 0 aliphatic rings. The fourth-order valence-electron chi connectivity index (χ4n) is 2.04. The number of halogens is 1. The van der Waals surface area contributed by atoms with Gasteiger partial charge in [0.25, 0.3) is 5.91 Å². The number of anilines is 2. The van der Waals surface area contributed by atoms with Gasteiger partial charge in [-0.3, -0.25) is 4.79 Å². The van der Waals surface area contributed by atoms with E-state index in [0.717, 1.165) is 0 Å². The monoisotopic (exact) mass is 302 g/mol. The molecule has 4 nitrogen and oxygen atoms in total.